The summed E-state index contributed by atoms with van der Waals surface area (Å²) in [5.41, 5.74) is 5.84. The Labute approximate surface area is 141 Å². The molecule has 4 rings (SSSR count). The van der Waals surface area contributed by atoms with E-state index in [1.165, 1.54) is 40.1 Å². The van der Waals surface area contributed by atoms with Gasteiger partial charge in [-0.2, -0.15) is 0 Å². The molecule has 120 valence electrons. The number of carbonyl (C=O) groups is 2. The third-order valence-corrected chi connectivity index (χ3v) is 3.97. The molecule has 0 bridgehead atoms. The first-order valence-electron chi connectivity index (χ1n) is 7.02. The molecule has 2 aromatic rings. The zero-order valence-corrected chi connectivity index (χ0v) is 12.8. The molecule has 6 nitrogen and oxygen atoms in total. The average Bonchev–Trinajstić information content (AvgIpc) is 2.85. The van der Waals surface area contributed by atoms with Crippen LogP contribution in [0.3, 0.4) is 0 Å². The quantitative estimate of drug-likeness (QED) is 0.835. The highest BCUT2D eigenvalue weighted by Gasteiger charge is 2.36. The first-order valence-corrected chi connectivity index (χ1v) is 7.40. The number of amides is 3. The Hall–Kier alpha value is -3.06. The van der Waals surface area contributed by atoms with E-state index in [4.69, 9.17) is 11.6 Å². The lowest BCUT2D eigenvalue weighted by Crippen LogP contribution is -2.30. The van der Waals surface area contributed by atoms with E-state index < -0.39 is 17.8 Å². The first-order chi connectivity index (χ1) is 11.6. The van der Waals surface area contributed by atoms with E-state index in [1.807, 2.05) is 0 Å². The summed E-state index contributed by atoms with van der Waals surface area (Å²) in [4.78, 5) is 27.3. The molecule has 8 heteroatoms. The maximum atomic E-state index is 14.3. The fourth-order valence-electron chi connectivity index (χ4n) is 2.73. The van der Waals surface area contributed by atoms with Crippen LogP contribution in [0.2, 0.25) is 5.02 Å². The van der Waals surface area contributed by atoms with Gasteiger partial charge in [0.1, 0.15) is 11.6 Å². The van der Waals surface area contributed by atoms with Crippen LogP contribution in [0.25, 0.3) is 0 Å². The van der Waals surface area contributed by atoms with Crippen molar-refractivity contribution in [3.63, 3.8) is 0 Å². The fraction of sp³-hybridized carbons (Fsp3) is 0. The number of nitrogens with zero attached hydrogens (tertiary/aromatic N) is 2. The lowest BCUT2D eigenvalue weighted by Gasteiger charge is -2.24. The van der Waals surface area contributed by atoms with Crippen LogP contribution >= 0.6 is 11.6 Å². The van der Waals surface area contributed by atoms with Gasteiger partial charge < -0.3 is 0 Å². The molecule has 2 aliphatic heterocycles. The summed E-state index contributed by atoms with van der Waals surface area (Å²) in [6.45, 7) is 0. The average molecular weight is 345 g/mol. The second-order valence-corrected chi connectivity index (χ2v) is 5.61. The Kier molecular flexibility index (Phi) is 3.17. The summed E-state index contributed by atoms with van der Waals surface area (Å²) >= 11 is 6.07. The number of para-hydroxylation sites is 1. The van der Waals surface area contributed by atoms with E-state index in [2.05, 4.69) is 10.9 Å². The van der Waals surface area contributed by atoms with E-state index in [0.717, 1.165) is 0 Å². The zero-order chi connectivity index (χ0) is 16.8. The number of halogens is 2. The van der Waals surface area contributed by atoms with Gasteiger partial charge >= 0.3 is 6.03 Å². The van der Waals surface area contributed by atoms with Gasteiger partial charge in [-0.1, -0.05) is 23.7 Å². The van der Waals surface area contributed by atoms with Gasteiger partial charge in [0.2, 0.25) is 0 Å². The molecule has 1 fully saturated rings. The van der Waals surface area contributed by atoms with Gasteiger partial charge in [0, 0.05) is 11.1 Å². The Balaban J connectivity index is 2.00. The second-order valence-electron chi connectivity index (χ2n) is 5.18. The minimum absolute atomic E-state index is 0.0736. The normalized spacial score (nSPS) is 16.0. The zero-order valence-electron chi connectivity index (χ0n) is 12.1. The lowest BCUT2D eigenvalue weighted by molar-refractivity contribution is -0.113. The minimum atomic E-state index is -0.561. The maximum Gasteiger partial charge on any atom is 0.346 e. The molecule has 2 aromatic carbocycles. The summed E-state index contributed by atoms with van der Waals surface area (Å²) in [5, 5.41) is 0.360. The van der Waals surface area contributed by atoms with Crippen molar-refractivity contribution in [2.45, 2.75) is 0 Å². The summed E-state index contributed by atoms with van der Waals surface area (Å²) in [7, 11) is 0. The van der Waals surface area contributed by atoms with Crippen molar-refractivity contribution >= 4 is 40.6 Å². The highest BCUT2D eigenvalue weighted by atomic mass is 35.5. The molecule has 2 N–H and O–H groups in total. The highest BCUT2D eigenvalue weighted by molar-refractivity contribution is 6.31. The summed E-state index contributed by atoms with van der Waals surface area (Å²) in [5.74, 6) is -0.813. The number of benzene rings is 2. The molecule has 0 spiro atoms. The van der Waals surface area contributed by atoms with Crippen LogP contribution in [0.15, 0.2) is 54.4 Å². The fourth-order valence-corrected chi connectivity index (χ4v) is 2.89. The Morgan fingerprint density at radius 1 is 0.917 bits per heavy atom. The number of fused-ring (bicyclic) bond motifs is 3. The summed E-state index contributed by atoms with van der Waals surface area (Å²) < 4.78 is 14.3. The van der Waals surface area contributed by atoms with Crippen LogP contribution < -0.4 is 20.7 Å². The number of urea groups is 1. The molecular formula is C16H10ClFN4O2. The van der Waals surface area contributed by atoms with E-state index in [9.17, 15) is 14.0 Å². The molecule has 0 saturated carbocycles. The largest absolute Gasteiger partial charge is 0.346 e. The van der Waals surface area contributed by atoms with Gasteiger partial charge in [0.05, 0.1) is 17.1 Å². The number of nitrogens with one attached hydrogen (secondary N) is 2. The van der Waals surface area contributed by atoms with Crippen molar-refractivity contribution in [1.82, 2.24) is 10.9 Å². The Bertz CT molecular complexity index is 915. The number of hydrazine groups is 1. The van der Waals surface area contributed by atoms with Crippen molar-refractivity contribution in [3.8, 4) is 0 Å². The van der Waals surface area contributed by atoms with E-state index >= 15 is 0 Å². The minimum Gasteiger partial charge on any atom is -0.281 e. The van der Waals surface area contributed by atoms with E-state index in [1.54, 1.807) is 18.2 Å². The molecule has 3 amide bonds. The van der Waals surface area contributed by atoms with Crippen LogP contribution in [-0.4, -0.2) is 11.9 Å². The lowest BCUT2D eigenvalue weighted by atomic mass is 10.2. The molecule has 0 aliphatic carbocycles. The molecule has 2 heterocycles. The predicted octanol–water partition coefficient (Wildman–Crippen LogP) is 3.03. The number of hydrogen-bond donors (Lipinski definition) is 2. The maximum absolute atomic E-state index is 14.3. The first kappa shape index (κ1) is 14.5. The predicted molar refractivity (Wildman–Crippen MR) is 87.2 cm³/mol. The molecular weight excluding hydrogens is 335 g/mol. The van der Waals surface area contributed by atoms with Crippen molar-refractivity contribution in [1.29, 1.82) is 0 Å². The molecule has 1 saturated heterocycles. The third kappa shape index (κ3) is 2.10. The Morgan fingerprint density at radius 2 is 1.71 bits per heavy atom. The van der Waals surface area contributed by atoms with Crippen LogP contribution in [0, 0.1) is 5.82 Å². The van der Waals surface area contributed by atoms with Gasteiger partial charge in [0.25, 0.3) is 5.91 Å². The van der Waals surface area contributed by atoms with Gasteiger partial charge in [0.15, 0.2) is 0 Å². The molecule has 24 heavy (non-hydrogen) atoms. The van der Waals surface area contributed by atoms with Crippen molar-refractivity contribution in [2.75, 3.05) is 9.80 Å². The summed E-state index contributed by atoms with van der Waals surface area (Å²) in [6, 6.07) is 10.2. The summed E-state index contributed by atoms with van der Waals surface area (Å²) in [6.07, 6.45) is 1.22. The van der Waals surface area contributed by atoms with Crippen molar-refractivity contribution in [3.05, 3.63) is 65.2 Å². The van der Waals surface area contributed by atoms with Crippen LogP contribution in [0.4, 0.5) is 26.2 Å². The van der Waals surface area contributed by atoms with Crippen molar-refractivity contribution < 1.29 is 14.0 Å². The van der Waals surface area contributed by atoms with Gasteiger partial charge in [-0.15, -0.1) is 0 Å². The number of rotatable bonds is 1. The van der Waals surface area contributed by atoms with Crippen LogP contribution in [-0.2, 0) is 4.79 Å². The highest BCUT2D eigenvalue weighted by Crippen LogP contribution is 2.41. The molecule has 0 radical (unpaired) electrons. The van der Waals surface area contributed by atoms with Gasteiger partial charge in [-0.3, -0.25) is 15.1 Å². The van der Waals surface area contributed by atoms with E-state index in [0.29, 0.717) is 16.4 Å². The van der Waals surface area contributed by atoms with E-state index in [-0.39, 0.29) is 11.5 Å². The van der Waals surface area contributed by atoms with Crippen LogP contribution in [0.5, 0.6) is 0 Å². The monoisotopic (exact) mass is 344 g/mol. The SMILES string of the molecule is O=C1NNC2=CC(=O)N(c3ccccc3F)c3cc(Cl)ccc3N12. The molecule has 0 atom stereocenters. The Morgan fingerprint density at radius 3 is 2.50 bits per heavy atom. The van der Waals surface area contributed by atoms with Crippen LogP contribution in [0.1, 0.15) is 0 Å². The van der Waals surface area contributed by atoms with Gasteiger partial charge in [-0.05, 0) is 30.3 Å². The standard InChI is InChI=1S/C16H10ClFN4O2/c17-9-5-6-12-13(7-9)21(11-4-2-1-3-10(11)18)15(23)8-14-19-20-16(24)22(12)14/h1-8,19H,(H,20,24). The molecule has 0 aromatic heterocycles. The molecule has 2 aliphatic rings. The van der Waals surface area contributed by atoms with Gasteiger partial charge in [-0.25, -0.2) is 19.5 Å². The number of carbonyl (C=O) groups excluding carboxylic acids is 2. The number of anilines is 3. The topological polar surface area (TPSA) is 64.7 Å². The van der Waals surface area contributed by atoms with Crippen molar-refractivity contribution in [2.24, 2.45) is 0 Å². The second kappa shape index (κ2) is 5.24. The number of hydrogen-bond acceptors (Lipinski definition) is 3. The smallest absolute Gasteiger partial charge is 0.281 e. The third-order valence-electron chi connectivity index (χ3n) is 3.73. The molecule has 0 unspecified atom stereocenters.